The quantitative estimate of drug-likeness (QED) is 0.357. The first-order chi connectivity index (χ1) is 16.5. The van der Waals surface area contributed by atoms with E-state index in [-0.39, 0.29) is 4.90 Å². The summed E-state index contributed by atoms with van der Waals surface area (Å²) in [5, 5.41) is 0.931. The second kappa shape index (κ2) is 7.67. The molecule has 0 radical (unpaired) electrons. The molecule has 0 saturated carbocycles. The molecule has 0 bridgehead atoms. The van der Waals surface area contributed by atoms with Crippen molar-refractivity contribution in [3.8, 4) is 11.4 Å². The molecular weight excluding hydrogens is 444 g/mol. The molecule has 0 aliphatic rings. The lowest BCUT2D eigenvalue weighted by atomic mass is 10.1. The summed E-state index contributed by atoms with van der Waals surface area (Å²) in [6.45, 7) is 1.92. The average Bonchev–Trinajstić information content (AvgIpc) is 3.24. The maximum atomic E-state index is 13.2. The standard InChI is InChI=1S/C27H20N4O2S/c1-18-14-16-19(17-15-18)34(32,33)30-23-11-5-3-9-21(23)27-28-22-10-4-2-8-20(22)26-29-24-12-6-7-13-25(24)31(26)27/h2-17,30H,1H3. The van der Waals surface area contributed by atoms with Crippen LogP contribution in [-0.4, -0.2) is 22.8 Å². The molecule has 6 aromatic rings. The summed E-state index contributed by atoms with van der Waals surface area (Å²) < 4.78 is 31.1. The fourth-order valence-electron chi connectivity index (χ4n) is 4.21. The van der Waals surface area contributed by atoms with Crippen LogP contribution in [0.3, 0.4) is 0 Å². The summed E-state index contributed by atoms with van der Waals surface area (Å²) in [5.41, 5.74) is 5.42. The van der Waals surface area contributed by atoms with Gasteiger partial charge in [-0.25, -0.2) is 18.4 Å². The number of sulfonamides is 1. The van der Waals surface area contributed by atoms with Gasteiger partial charge in [-0.1, -0.05) is 54.1 Å². The number of benzene rings is 4. The lowest BCUT2D eigenvalue weighted by molar-refractivity contribution is 0.601. The third-order valence-electron chi connectivity index (χ3n) is 5.89. The second-order valence-electron chi connectivity index (χ2n) is 8.18. The molecule has 0 spiro atoms. The highest BCUT2D eigenvalue weighted by molar-refractivity contribution is 7.92. The van der Waals surface area contributed by atoms with Crippen LogP contribution in [0.15, 0.2) is 102 Å². The van der Waals surface area contributed by atoms with E-state index in [1.807, 2.05) is 72.0 Å². The number of rotatable bonds is 4. The minimum Gasteiger partial charge on any atom is -0.279 e. The lowest BCUT2D eigenvalue weighted by Gasteiger charge is -2.15. The Kier molecular flexibility index (Phi) is 4.60. The molecule has 0 atom stereocenters. The van der Waals surface area contributed by atoms with Gasteiger partial charge in [-0.15, -0.1) is 0 Å². The third-order valence-corrected chi connectivity index (χ3v) is 7.27. The van der Waals surface area contributed by atoms with Gasteiger partial charge in [0, 0.05) is 10.9 Å². The van der Waals surface area contributed by atoms with Gasteiger partial charge in [0.15, 0.2) is 0 Å². The van der Waals surface area contributed by atoms with Crippen LogP contribution >= 0.6 is 0 Å². The van der Waals surface area contributed by atoms with Crippen molar-refractivity contribution in [3.63, 3.8) is 0 Å². The van der Waals surface area contributed by atoms with Crippen LogP contribution in [0.2, 0.25) is 0 Å². The SMILES string of the molecule is Cc1ccc(S(=O)(=O)Nc2ccccc2-c2nc3ccccc3c3nc4ccccc4n23)cc1. The zero-order chi connectivity index (χ0) is 23.3. The van der Waals surface area contributed by atoms with Crippen molar-refractivity contribution in [1.82, 2.24) is 14.4 Å². The molecule has 0 fully saturated rings. The summed E-state index contributed by atoms with van der Waals surface area (Å²) >= 11 is 0. The number of nitrogens with zero attached hydrogens (tertiary/aromatic N) is 3. The number of para-hydroxylation sites is 4. The molecule has 0 saturated heterocycles. The van der Waals surface area contributed by atoms with E-state index < -0.39 is 10.0 Å². The van der Waals surface area contributed by atoms with E-state index in [2.05, 4.69) is 4.72 Å². The lowest BCUT2D eigenvalue weighted by Crippen LogP contribution is -2.14. The number of anilines is 1. The highest BCUT2D eigenvalue weighted by Gasteiger charge is 2.20. The Morgan fingerprint density at radius 3 is 2.24 bits per heavy atom. The molecule has 0 amide bonds. The molecule has 0 aliphatic heterocycles. The Balaban J connectivity index is 1.61. The monoisotopic (exact) mass is 464 g/mol. The zero-order valence-corrected chi connectivity index (χ0v) is 19.1. The van der Waals surface area contributed by atoms with Crippen LogP contribution in [0, 0.1) is 6.92 Å². The molecule has 6 nitrogen and oxygen atoms in total. The summed E-state index contributed by atoms with van der Waals surface area (Å²) in [5.74, 6) is 0.615. The number of aryl methyl sites for hydroxylation is 1. The van der Waals surface area contributed by atoms with Gasteiger partial charge in [-0.05, 0) is 55.5 Å². The van der Waals surface area contributed by atoms with E-state index >= 15 is 0 Å². The van der Waals surface area contributed by atoms with Crippen LogP contribution in [-0.2, 0) is 10.0 Å². The van der Waals surface area contributed by atoms with Crippen molar-refractivity contribution in [2.45, 2.75) is 11.8 Å². The van der Waals surface area contributed by atoms with Crippen molar-refractivity contribution in [1.29, 1.82) is 0 Å². The molecule has 7 heteroatoms. The Morgan fingerprint density at radius 1 is 0.735 bits per heavy atom. The Hall–Kier alpha value is -4.23. The van der Waals surface area contributed by atoms with Crippen molar-refractivity contribution in [2.24, 2.45) is 0 Å². The predicted octanol–water partition coefficient (Wildman–Crippen LogP) is 5.81. The van der Waals surface area contributed by atoms with E-state index in [0.29, 0.717) is 17.1 Å². The normalized spacial score (nSPS) is 11.9. The van der Waals surface area contributed by atoms with Crippen molar-refractivity contribution >= 4 is 43.3 Å². The van der Waals surface area contributed by atoms with Crippen molar-refractivity contribution in [3.05, 3.63) is 103 Å². The number of aromatic nitrogens is 3. The largest absolute Gasteiger partial charge is 0.279 e. The Bertz CT molecular complexity index is 1810. The molecule has 0 unspecified atom stereocenters. The maximum absolute atomic E-state index is 13.2. The molecule has 1 N–H and O–H groups in total. The summed E-state index contributed by atoms with van der Waals surface area (Å²) in [6, 6.07) is 29.8. The fourth-order valence-corrected chi connectivity index (χ4v) is 5.29. The molecule has 4 aromatic carbocycles. The van der Waals surface area contributed by atoms with Crippen LogP contribution in [0.1, 0.15) is 5.56 Å². The smallest absolute Gasteiger partial charge is 0.261 e. The molecule has 2 heterocycles. The number of nitrogens with one attached hydrogen (secondary N) is 1. The summed E-state index contributed by atoms with van der Waals surface area (Å²) in [6.07, 6.45) is 0. The van der Waals surface area contributed by atoms with Crippen LogP contribution in [0.5, 0.6) is 0 Å². The molecular formula is C27H20N4O2S. The first-order valence-electron chi connectivity index (χ1n) is 10.9. The predicted molar refractivity (Wildman–Crippen MR) is 135 cm³/mol. The highest BCUT2D eigenvalue weighted by atomic mass is 32.2. The number of hydrogen-bond acceptors (Lipinski definition) is 4. The average molecular weight is 465 g/mol. The summed E-state index contributed by atoms with van der Waals surface area (Å²) in [7, 11) is -3.79. The van der Waals surface area contributed by atoms with Gasteiger partial charge in [0.25, 0.3) is 10.0 Å². The van der Waals surface area contributed by atoms with Gasteiger partial charge in [-0.2, -0.15) is 0 Å². The molecule has 0 aliphatic carbocycles. The van der Waals surface area contributed by atoms with E-state index in [1.54, 1.807) is 36.4 Å². The van der Waals surface area contributed by atoms with E-state index in [1.165, 1.54) is 0 Å². The first-order valence-corrected chi connectivity index (χ1v) is 12.3. The third kappa shape index (κ3) is 3.29. The molecule has 166 valence electrons. The van der Waals surface area contributed by atoms with E-state index in [0.717, 1.165) is 33.1 Å². The van der Waals surface area contributed by atoms with Gasteiger partial charge in [0.2, 0.25) is 0 Å². The van der Waals surface area contributed by atoms with Crippen LogP contribution in [0.25, 0.3) is 39.0 Å². The van der Waals surface area contributed by atoms with Crippen molar-refractivity contribution < 1.29 is 8.42 Å². The molecule has 2 aromatic heterocycles. The number of imidazole rings is 1. The number of fused-ring (bicyclic) bond motifs is 5. The topological polar surface area (TPSA) is 76.4 Å². The highest BCUT2D eigenvalue weighted by Crippen LogP contribution is 2.33. The van der Waals surface area contributed by atoms with Gasteiger partial charge in [0.1, 0.15) is 11.5 Å². The van der Waals surface area contributed by atoms with Gasteiger partial charge >= 0.3 is 0 Å². The molecule has 34 heavy (non-hydrogen) atoms. The minimum atomic E-state index is -3.79. The number of hydrogen-bond donors (Lipinski definition) is 1. The minimum absolute atomic E-state index is 0.206. The van der Waals surface area contributed by atoms with Crippen molar-refractivity contribution in [2.75, 3.05) is 4.72 Å². The Labute approximate surface area is 196 Å². The van der Waals surface area contributed by atoms with Crippen LogP contribution in [0.4, 0.5) is 5.69 Å². The fraction of sp³-hybridized carbons (Fsp3) is 0.0370. The summed E-state index contributed by atoms with van der Waals surface area (Å²) in [4.78, 5) is 10.0. The van der Waals surface area contributed by atoms with E-state index in [9.17, 15) is 8.42 Å². The van der Waals surface area contributed by atoms with Gasteiger partial charge in [-0.3, -0.25) is 9.12 Å². The Morgan fingerprint density at radius 2 is 1.41 bits per heavy atom. The van der Waals surface area contributed by atoms with E-state index in [4.69, 9.17) is 9.97 Å². The van der Waals surface area contributed by atoms with Crippen LogP contribution < -0.4 is 4.72 Å². The molecule has 6 rings (SSSR count). The maximum Gasteiger partial charge on any atom is 0.261 e. The zero-order valence-electron chi connectivity index (χ0n) is 18.3. The van der Waals surface area contributed by atoms with Gasteiger partial charge < -0.3 is 0 Å². The first kappa shape index (κ1) is 20.4. The van der Waals surface area contributed by atoms with Gasteiger partial charge in [0.05, 0.1) is 27.1 Å². The second-order valence-corrected chi connectivity index (χ2v) is 9.86.